The van der Waals surface area contributed by atoms with Gasteiger partial charge in [0, 0.05) is 29.9 Å². The molecule has 4 nitrogen and oxygen atoms in total. The molecule has 0 radical (unpaired) electrons. The minimum atomic E-state index is -0.410. The molecule has 0 N–H and O–H groups in total. The Morgan fingerprint density at radius 3 is 2.23 bits per heavy atom. The van der Waals surface area contributed by atoms with Crippen LogP contribution in [0.4, 0.5) is 5.69 Å². The number of nitro benzene ring substituents is 1. The van der Waals surface area contributed by atoms with E-state index in [1.54, 1.807) is 12.1 Å². The number of rotatable bonds is 5. The zero-order valence-electron chi connectivity index (χ0n) is 12.5. The number of halogens is 1. The van der Waals surface area contributed by atoms with Gasteiger partial charge in [-0.3, -0.25) is 10.1 Å². The Morgan fingerprint density at radius 2 is 1.73 bits per heavy atom. The fourth-order valence-corrected chi connectivity index (χ4v) is 2.30. The summed E-state index contributed by atoms with van der Waals surface area (Å²) in [7, 11) is 1.95. The largest absolute Gasteiger partial charge is 0.368 e. The standard InChI is InChI=1S/C17H17ClN2O2/c1-12(14-4-8-16(18)9-5-14)19(3)13(2)15-6-10-17(11-7-15)20(21)22/h4-12H,2H2,1,3H3/t12-/m0/s1. The van der Waals surface area contributed by atoms with E-state index in [1.165, 1.54) is 12.1 Å². The molecular weight excluding hydrogens is 300 g/mol. The lowest BCUT2D eigenvalue weighted by molar-refractivity contribution is -0.384. The van der Waals surface area contributed by atoms with Gasteiger partial charge in [0.2, 0.25) is 0 Å². The predicted octanol–water partition coefficient (Wildman–Crippen LogP) is 4.91. The van der Waals surface area contributed by atoms with Gasteiger partial charge in [0.25, 0.3) is 5.69 Å². The molecule has 0 unspecified atom stereocenters. The highest BCUT2D eigenvalue weighted by atomic mass is 35.5. The molecule has 0 fully saturated rings. The van der Waals surface area contributed by atoms with Gasteiger partial charge in [0.1, 0.15) is 0 Å². The minimum absolute atomic E-state index is 0.0740. The van der Waals surface area contributed by atoms with Crippen molar-refractivity contribution in [1.82, 2.24) is 4.90 Å². The molecule has 5 heteroatoms. The topological polar surface area (TPSA) is 46.4 Å². The van der Waals surface area contributed by atoms with Crippen molar-refractivity contribution in [2.75, 3.05) is 7.05 Å². The molecule has 0 aliphatic heterocycles. The summed E-state index contributed by atoms with van der Waals surface area (Å²) in [5, 5.41) is 11.4. The van der Waals surface area contributed by atoms with E-state index in [2.05, 4.69) is 13.5 Å². The van der Waals surface area contributed by atoms with Crippen molar-refractivity contribution in [3.05, 3.63) is 81.4 Å². The molecule has 2 aromatic carbocycles. The molecule has 0 bridgehead atoms. The van der Waals surface area contributed by atoms with Gasteiger partial charge in [-0.25, -0.2) is 0 Å². The number of nitrogens with zero attached hydrogens (tertiary/aromatic N) is 2. The van der Waals surface area contributed by atoms with Crippen LogP contribution in [0, 0.1) is 10.1 Å². The van der Waals surface area contributed by atoms with Crippen molar-refractivity contribution in [2.45, 2.75) is 13.0 Å². The lowest BCUT2D eigenvalue weighted by atomic mass is 10.0. The van der Waals surface area contributed by atoms with Crippen LogP contribution >= 0.6 is 11.6 Å². The first-order chi connectivity index (χ1) is 10.4. The number of non-ortho nitro benzene ring substituents is 1. The second kappa shape index (κ2) is 6.62. The third-order valence-electron chi connectivity index (χ3n) is 3.77. The van der Waals surface area contributed by atoms with Gasteiger partial charge in [-0.05, 0) is 42.3 Å². The molecule has 0 spiro atoms. The van der Waals surface area contributed by atoms with Crippen LogP contribution in [-0.2, 0) is 0 Å². The molecule has 0 saturated carbocycles. The van der Waals surface area contributed by atoms with Crippen LogP contribution in [0.5, 0.6) is 0 Å². The molecule has 0 heterocycles. The first-order valence-corrected chi connectivity index (χ1v) is 7.20. The van der Waals surface area contributed by atoms with Gasteiger partial charge in [0.15, 0.2) is 0 Å². The molecule has 22 heavy (non-hydrogen) atoms. The van der Waals surface area contributed by atoms with Crippen LogP contribution in [0.2, 0.25) is 5.02 Å². The van der Waals surface area contributed by atoms with Crippen LogP contribution in [0.3, 0.4) is 0 Å². The molecule has 114 valence electrons. The molecule has 0 aromatic heterocycles. The van der Waals surface area contributed by atoms with Gasteiger partial charge in [-0.15, -0.1) is 0 Å². The van der Waals surface area contributed by atoms with Gasteiger partial charge in [0.05, 0.1) is 11.0 Å². The highest BCUT2D eigenvalue weighted by Gasteiger charge is 2.15. The average molecular weight is 317 g/mol. The third kappa shape index (κ3) is 3.46. The van der Waals surface area contributed by atoms with Crippen LogP contribution in [0.1, 0.15) is 24.1 Å². The van der Waals surface area contributed by atoms with E-state index in [0.717, 1.165) is 16.8 Å². The second-order valence-corrected chi connectivity index (χ2v) is 5.53. The van der Waals surface area contributed by atoms with Crippen molar-refractivity contribution < 1.29 is 4.92 Å². The van der Waals surface area contributed by atoms with E-state index in [9.17, 15) is 10.1 Å². The molecule has 0 aliphatic carbocycles. The molecular formula is C17H17ClN2O2. The zero-order chi connectivity index (χ0) is 16.3. The van der Waals surface area contributed by atoms with Gasteiger partial charge in [-0.2, -0.15) is 0 Å². The molecule has 0 saturated heterocycles. The molecule has 1 atom stereocenters. The zero-order valence-corrected chi connectivity index (χ0v) is 13.2. The van der Waals surface area contributed by atoms with E-state index >= 15 is 0 Å². The Balaban J connectivity index is 2.17. The van der Waals surface area contributed by atoms with Crippen LogP contribution in [-0.4, -0.2) is 16.9 Å². The fraction of sp³-hybridized carbons (Fsp3) is 0.176. The Morgan fingerprint density at radius 1 is 1.18 bits per heavy atom. The molecule has 2 rings (SSSR count). The van der Waals surface area contributed by atoms with Crippen molar-refractivity contribution in [2.24, 2.45) is 0 Å². The maximum Gasteiger partial charge on any atom is 0.269 e. The quantitative estimate of drug-likeness (QED) is 0.581. The summed E-state index contributed by atoms with van der Waals surface area (Å²) >= 11 is 5.91. The molecule has 0 amide bonds. The summed E-state index contributed by atoms with van der Waals surface area (Å²) in [5.74, 6) is 0. The highest BCUT2D eigenvalue weighted by molar-refractivity contribution is 6.30. The van der Waals surface area contributed by atoms with Crippen molar-refractivity contribution in [1.29, 1.82) is 0 Å². The number of benzene rings is 2. The van der Waals surface area contributed by atoms with E-state index < -0.39 is 4.92 Å². The third-order valence-corrected chi connectivity index (χ3v) is 4.02. The summed E-state index contributed by atoms with van der Waals surface area (Å²) in [6, 6.07) is 14.2. The maximum absolute atomic E-state index is 10.7. The van der Waals surface area contributed by atoms with Crippen molar-refractivity contribution in [3.8, 4) is 0 Å². The first-order valence-electron chi connectivity index (χ1n) is 6.82. The smallest absolute Gasteiger partial charge is 0.269 e. The average Bonchev–Trinajstić information content (AvgIpc) is 2.53. The van der Waals surface area contributed by atoms with Gasteiger partial charge in [-0.1, -0.05) is 30.3 Å². The number of hydrogen-bond donors (Lipinski definition) is 0. The summed E-state index contributed by atoms with van der Waals surface area (Å²) in [6.07, 6.45) is 0. The minimum Gasteiger partial charge on any atom is -0.368 e. The first kappa shape index (κ1) is 16.0. The van der Waals surface area contributed by atoms with Crippen LogP contribution in [0.25, 0.3) is 5.70 Å². The van der Waals surface area contributed by atoms with Crippen LogP contribution < -0.4 is 0 Å². The monoisotopic (exact) mass is 316 g/mol. The second-order valence-electron chi connectivity index (χ2n) is 5.09. The number of nitro groups is 1. The molecule has 2 aromatic rings. The van der Waals surface area contributed by atoms with Crippen molar-refractivity contribution >= 4 is 23.0 Å². The van der Waals surface area contributed by atoms with Gasteiger partial charge >= 0.3 is 0 Å². The normalized spacial score (nSPS) is 11.8. The van der Waals surface area contributed by atoms with E-state index in [0.29, 0.717) is 5.02 Å². The fourth-order valence-electron chi connectivity index (χ4n) is 2.18. The maximum atomic E-state index is 10.7. The Bertz CT molecular complexity index is 681. The van der Waals surface area contributed by atoms with E-state index in [1.807, 2.05) is 36.2 Å². The highest BCUT2D eigenvalue weighted by Crippen LogP contribution is 2.28. The predicted molar refractivity (Wildman–Crippen MR) is 89.8 cm³/mol. The summed E-state index contributed by atoms with van der Waals surface area (Å²) in [4.78, 5) is 12.3. The Labute approximate surface area is 134 Å². The Hall–Kier alpha value is -2.33. The van der Waals surface area contributed by atoms with Crippen molar-refractivity contribution in [3.63, 3.8) is 0 Å². The Kier molecular flexibility index (Phi) is 4.83. The lowest BCUT2D eigenvalue weighted by Crippen LogP contribution is -2.20. The molecule has 0 aliphatic rings. The SMILES string of the molecule is C=C(c1ccc([N+](=O)[O-])cc1)N(C)[C@@H](C)c1ccc(Cl)cc1. The summed E-state index contributed by atoms with van der Waals surface area (Å²) in [5.41, 5.74) is 2.85. The van der Waals surface area contributed by atoms with Gasteiger partial charge < -0.3 is 4.90 Å². The van der Waals surface area contributed by atoms with E-state index in [4.69, 9.17) is 11.6 Å². The summed E-state index contributed by atoms with van der Waals surface area (Å²) < 4.78 is 0. The summed E-state index contributed by atoms with van der Waals surface area (Å²) in [6.45, 7) is 6.16. The number of hydrogen-bond acceptors (Lipinski definition) is 3. The lowest BCUT2D eigenvalue weighted by Gasteiger charge is -2.29. The van der Waals surface area contributed by atoms with Crippen LogP contribution in [0.15, 0.2) is 55.1 Å². The van der Waals surface area contributed by atoms with E-state index in [-0.39, 0.29) is 11.7 Å².